The average Bonchev–Trinajstić information content (AvgIpc) is 3.13. The van der Waals surface area contributed by atoms with Gasteiger partial charge in [0, 0.05) is 43.9 Å². The van der Waals surface area contributed by atoms with Crippen LogP contribution in [-0.2, 0) is 13.1 Å². The highest BCUT2D eigenvalue weighted by atomic mass is 15.4. The van der Waals surface area contributed by atoms with Crippen molar-refractivity contribution in [1.82, 2.24) is 9.80 Å². The summed E-state index contributed by atoms with van der Waals surface area (Å²) >= 11 is 0. The lowest BCUT2D eigenvalue weighted by molar-refractivity contribution is 0.274. The zero-order valence-electron chi connectivity index (χ0n) is 28.5. The lowest BCUT2D eigenvalue weighted by Gasteiger charge is -2.20. The molecule has 9 heteroatoms. The number of nitrogens with two attached hydrogens (primary N) is 2. The molecule has 0 unspecified atom stereocenters. The Balaban J connectivity index is 1.14. The van der Waals surface area contributed by atoms with Gasteiger partial charge in [0.25, 0.3) is 0 Å². The number of nitrogens with zero attached hydrogens (tertiary/aromatic N) is 6. The Labute approximate surface area is 286 Å². The number of amidine groups is 2. The summed E-state index contributed by atoms with van der Waals surface area (Å²) in [6.07, 6.45) is 3.04. The number of benzene rings is 4. The molecule has 0 spiro atoms. The topological polar surface area (TPSA) is 120 Å². The molecule has 0 fully saturated rings. The molecule has 0 bridgehead atoms. The van der Waals surface area contributed by atoms with Gasteiger partial charge in [0.15, 0.2) is 0 Å². The fourth-order valence-electron chi connectivity index (χ4n) is 5.26. The summed E-state index contributed by atoms with van der Waals surface area (Å²) in [5, 5.41) is 8.41. The molecule has 0 atom stereocenters. The number of nitrogens with one attached hydrogen (secondary N) is 1. The smallest absolute Gasteiger partial charge is 0.125 e. The Morgan fingerprint density at radius 3 is 1.58 bits per heavy atom. The maximum absolute atomic E-state index is 6.26. The Morgan fingerprint density at radius 1 is 0.583 bits per heavy atom. The van der Waals surface area contributed by atoms with E-state index < -0.39 is 0 Å². The Kier molecular flexibility index (Phi) is 15.3. The fourth-order valence-corrected chi connectivity index (χ4v) is 5.26. The van der Waals surface area contributed by atoms with Crippen molar-refractivity contribution in [2.75, 3.05) is 44.7 Å². The molecule has 9 nitrogen and oxygen atoms in total. The molecule has 0 radical (unpaired) electrons. The number of hydrogen-bond acceptors (Lipinski definition) is 6. The van der Waals surface area contributed by atoms with E-state index >= 15 is 0 Å². The molecule has 4 rings (SSSR count). The molecule has 0 heterocycles. The molecular formula is C39H51N9. The summed E-state index contributed by atoms with van der Waals surface area (Å²) in [6, 6.07) is 36.5. The SMILES string of the molecule is CCN(CCCCN=C(N)c1ccc(NN=Nc2ccc(C(N)=NCCCN(CC)Cc3ccccc3)cc2)cc1)Cc1ccccc1. The van der Waals surface area contributed by atoms with Crippen LogP contribution in [0.4, 0.5) is 11.4 Å². The van der Waals surface area contributed by atoms with Gasteiger partial charge in [-0.1, -0.05) is 79.7 Å². The van der Waals surface area contributed by atoms with E-state index in [1.165, 1.54) is 11.1 Å². The second-order valence-electron chi connectivity index (χ2n) is 11.7. The third-order valence-corrected chi connectivity index (χ3v) is 8.16. The van der Waals surface area contributed by atoms with E-state index in [-0.39, 0.29) is 0 Å². The lowest BCUT2D eigenvalue weighted by atomic mass is 10.2. The maximum Gasteiger partial charge on any atom is 0.125 e. The summed E-state index contributed by atoms with van der Waals surface area (Å²) in [5.74, 6) is 1.08. The largest absolute Gasteiger partial charge is 0.384 e. The van der Waals surface area contributed by atoms with Crippen LogP contribution in [0, 0.1) is 0 Å². The maximum atomic E-state index is 6.26. The first-order chi connectivity index (χ1) is 23.5. The van der Waals surface area contributed by atoms with Crippen LogP contribution in [0.1, 0.15) is 55.4 Å². The third kappa shape index (κ3) is 12.7. The number of anilines is 1. The predicted molar refractivity (Wildman–Crippen MR) is 201 cm³/mol. The van der Waals surface area contributed by atoms with Gasteiger partial charge in [-0.2, -0.15) is 0 Å². The first kappa shape index (κ1) is 36.0. The average molecular weight is 646 g/mol. The lowest BCUT2D eigenvalue weighted by Crippen LogP contribution is -2.24. The van der Waals surface area contributed by atoms with E-state index in [1.54, 1.807) is 0 Å². The Bertz CT molecular complexity index is 1550. The van der Waals surface area contributed by atoms with E-state index in [4.69, 9.17) is 11.5 Å². The van der Waals surface area contributed by atoms with Crippen LogP contribution in [0.3, 0.4) is 0 Å². The van der Waals surface area contributed by atoms with E-state index in [1.807, 2.05) is 48.5 Å². The molecule has 4 aromatic rings. The first-order valence-corrected chi connectivity index (χ1v) is 17.0. The van der Waals surface area contributed by atoms with Gasteiger partial charge in [-0.25, -0.2) is 0 Å². The van der Waals surface area contributed by atoms with Gasteiger partial charge in [-0.15, -0.1) is 5.11 Å². The first-order valence-electron chi connectivity index (χ1n) is 17.0. The van der Waals surface area contributed by atoms with Crippen molar-refractivity contribution in [1.29, 1.82) is 0 Å². The van der Waals surface area contributed by atoms with Crippen LogP contribution in [0.15, 0.2) is 130 Å². The van der Waals surface area contributed by atoms with Crippen LogP contribution in [0.25, 0.3) is 0 Å². The minimum atomic E-state index is 0.535. The number of rotatable bonds is 20. The monoisotopic (exact) mass is 645 g/mol. The quantitative estimate of drug-likeness (QED) is 0.0304. The van der Waals surface area contributed by atoms with Gasteiger partial charge in [0.1, 0.15) is 11.7 Å². The molecule has 0 amide bonds. The van der Waals surface area contributed by atoms with Crippen molar-refractivity contribution in [3.63, 3.8) is 0 Å². The minimum absolute atomic E-state index is 0.535. The normalized spacial score (nSPS) is 12.3. The molecule has 0 saturated heterocycles. The van der Waals surface area contributed by atoms with Gasteiger partial charge in [0.2, 0.25) is 0 Å². The van der Waals surface area contributed by atoms with E-state index in [0.717, 1.165) is 75.3 Å². The van der Waals surface area contributed by atoms with Gasteiger partial charge < -0.3 is 11.5 Å². The van der Waals surface area contributed by atoms with Crippen LogP contribution >= 0.6 is 0 Å². The minimum Gasteiger partial charge on any atom is -0.384 e. The van der Waals surface area contributed by atoms with Crippen molar-refractivity contribution >= 4 is 23.0 Å². The standard InChI is InChI=1S/C39H51N9/c1-3-47(30-32-14-7-5-8-15-32)28-12-11-26-42-38(40)34-18-22-36(23-19-34)44-46-45-37-24-20-35(21-25-37)39(41)43-27-13-29-48(4-2)31-33-16-9-6-10-17-33/h5-10,14-25H,3-4,11-13,26-31H2,1-2H3,(H2,40,42)(H2,41,43)(H,44,45). The van der Waals surface area contributed by atoms with Gasteiger partial charge >= 0.3 is 0 Å². The summed E-state index contributed by atoms with van der Waals surface area (Å²) in [7, 11) is 0. The van der Waals surface area contributed by atoms with Crippen molar-refractivity contribution in [2.45, 2.75) is 46.2 Å². The second kappa shape index (κ2) is 20.4. The second-order valence-corrected chi connectivity index (χ2v) is 11.7. The zero-order valence-corrected chi connectivity index (χ0v) is 28.5. The number of unbranched alkanes of at least 4 members (excludes halogenated alkanes) is 1. The van der Waals surface area contributed by atoms with E-state index in [9.17, 15) is 0 Å². The van der Waals surface area contributed by atoms with Crippen LogP contribution in [-0.4, -0.2) is 60.7 Å². The van der Waals surface area contributed by atoms with Crippen molar-refractivity contribution in [3.8, 4) is 0 Å². The molecule has 0 aliphatic heterocycles. The number of aliphatic imine (C=N–C) groups is 2. The highest BCUT2D eigenvalue weighted by molar-refractivity contribution is 5.98. The third-order valence-electron chi connectivity index (χ3n) is 8.16. The summed E-state index contributed by atoms with van der Waals surface area (Å²) in [5.41, 5.74) is 21.5. The molecule has 0 aliphatic rings. The summed E-state index contributed by atoms with van der Waals surface area (Å²) in [6.45, 7) is 11.8. The van der Waals surface area contributed by atoms with E-state index in [0.29, 0.717) is 30.4 Å². The molecule has 252 valence electrons. The Morgan fingerprint density at radius 2 is 1.06 bits per heavy atom. The van der Waals surface area contributed by atoms with Crippen LogP contribution in [0.2, 0.25) is 0 Å². The van der Waals surface area contributed by atoms with Crippen molar-refractivity contribution < 1.29 is 0 Å². The van der Waals surface area contributed by atoms with Gasteiger partial charge in [-0.3, -0.25) is 25.2 Å². The Hall–Kier alpha value is -4.86. The predicted octanol–water partition coefficient (Wildman–Crippen LogP) is 7.42. The summed E-state index contributed by atoms with van der Waals surface area (Å²) in [4.78, 5) is 14.1. The molecule has 5 N–H and O–H groups in total. The van der Waals surface area contributed by atoms with Crippen LogP contribution in [0.5, 0.6) is 0 Å². The van der Waals surface area contributed by atoms with Crippen molar-refractivity contribution in [3.05, 3.63) is 131 Å². The van der Waals surface area contributed by atoms with E-state index in [2.05, 4.69) is 110 Å². The molecular weight excluding hydrogens is 594 g/mol. The van der Waals surface area contributed by atoms with Crippen LogP contribution < -0.4 is 16.9 Å². The van der Waals surface area contributed by atoms with Crippen molar-refractivity contribution in [2.24, 2.45) is 31.8 Å². The molecule has 0 aliphatic carbocycles. The highest BCUT2D eigenvalue weighted by Gasteiger charge is 2.05. The summed E-state index contributed by atoms with van der Waals surface area (Å²) < 4.78 is 0. The molecule has 0 saturated carbocycles. The van der Waals surface area contributed by atoms with Gasteiger partial charge in [0.05, 0.1) is 11.4 Å². The fraction of sp³-hybridized carbons (Fsp3) is 0.333. The zero-order chi connectivity index (χ0) is 33.8. The molecule has 4 aromatic carbocycles. The van der Waals surface area contributed by atoms with Gasteiger partial charge in [-0.05, 0) is 98.6 Å². The molecule has 0 aromatic heterocycles. The highest BCUT2D eigenvalue weighted by Crippen LogP contribution is 2.15. The number of hydrogen-bond donors (Lipinski definition) is 3. The molecule has 48 heavy (non-hydrogen) atoms.